The molecule has 3 aliphatic heterocycles. The first-order valence-electron chi connectivity index (χ1n) is 23.9. The molecule has 12 N–H and O–H groups in total. The highest BCUT2D eigenvalue weighted by atomic mass is 16.8. The highest BCUT2D eigenvalue weighted by Crippen LogP contribution is 2.76. The van der Waals surface area contributed by atoms with Crippen molar-refractivity contribution in [2.24, 2.45) is 45.3 Å². The van der Waals surface area contributed by atoms with E-state index < -0.39 is 134 Å². The lowest BCUT2D eigenvalue weighted by molar-refractivity contribution is -0.378. The zero-order valence-corrected chi connectivity index (χ0v) is 38.7. The molecule has 3 saturated heterocycles. The number of aliphatic hydroxyl groups excluding tert-OH is 11. The topological polar surface area (TPSA) is 306 Å². The quantitative estimate of drug-likeness (QED) is 0.0610. The smallest absolute Gasteiger partial charge is 0.187 e. The second kappa shape index (κ2) is 19.1. The maximum atomic E-state index is 14.0. The predicted molar refractivity (Wildman–Crippen MR) is 228 cm³/mol. The molecular formula is C47H78O18. The number of aldehydes is 1. The zero-order valence-electron chi connectivity index (χ0n) is 38.7. The van der Waals surface area contributed by atoms with Gasteiger partial charge in [-0.1, -0.05) is 39.3 Å². The van der Waals surface area contributed by atoms with E-state index in [1.54, 1.807) is 0 Å². The maximum Gasteiger partial charge on any atom is 0.187 e. The van der Waals surface area contributed by atoms with Gasteiger partial charge in [0.05, 0.1) is 31.5 Å². The molecule has 0 amide bonds. The second-order valence-electron chi connectivity index (χ2n) is 22.1. The molecule has 18 nitrogen and oxygen atoms in total. The van der Waals surface area contributed by atoms with Gasteiger partial charge in [0.15, 0.2) is 12.6 Å². The fourth-order valence-electron chi connectivity index (χ4n) is 14.8. The van der Waals surface area contributed by atoms with Gasteiger partial charge in [0.1, 0.15) is 85.6 Å². The Bertz CT molecular complexity index is 1680. The Labute approximate surface area is 381 Å². The van der Waals surface area contributed by atoms with Crippen LogP contribution in [0.3, 0.4) is 0 Å². The molecule has 7 aliphatic rings. The van der Waals surface area contributed by atoms with Crippen molar-refractivity contribution in [2.75, 3.05) is 19.8 Å². The van der Waals surface area contributed by atoms with Crippen molar-refractivity contribution in [1.29, 1.82) is 0 Å². The lowest BCUT2D eigenvalue weighted by Crippen LogP contribution is -2.69. The average molecular weight is 931 g/mol. The number of hydrogen-bond acceptors (Lipinski definition) is 18. The van der Waals surface area contributed by atoms with Crippen LogP contribution in [0.15, 0.2) is 11.6 Å². The van der Waals surface area contributed by atoms with Crippen LogP contribution in [0.4, 0.5) is 0 Å². The standard InChI is InChI=1S/C47H78O18/c1-22(2)8-7-14-47(60,40-37(58)34(55)31(52)25(18-48)61-40)24-11-15-44(5)23(24)9-10-29-45(44,6)16-12-28-43(3,4)30(13-17-46(28,29)21-51)64-42-39(36(57)33(54)27(20-50)63-42)65-41-38(59)35(56)32(53)26(19-49)62-41/h8,21,23-42,48-50,52-60H,7,9-20H2,1-6H3/t23?,24?,25-,26-,27-,28?,29?,30?,31-,32-,33-,34+,35+,36+,37-,38-,39-,40+,41+,42+,44?,45?,46?,47?/m1/s1. The van der Waals surface area contributed by atoms with Gasteiger partial charge in [0.25, 0.3) is 0 Å². The third kappa shape index (κ3) is 8.32. The number of hydrogen-bond donors (Lipinski definition) is 12. The lowest BCUT2D eigenvalue weighted by Gasteiger charge is -2.69. The van der Waals surface area contributed by atoms with Crippen LogP contribution < -0.4 is 0 Å². The number of carbonyl (C=O) groups is 1. The van der Waals surface area contributed by atoms with Crippen molar-refractivity contribution in [3.63, 3.8) is 0 Å². The molecule has 4 saturated carbocycles. The molecule has 0 aromatic rings. The molecular weight excluding hydrogens is 852 g/mol. The molecule has 9 unspecified atom stereocenters. The minimum absolute atomic E-state index is 0.0499. The van der Waals surface area contributed by atoms with Crippen molar-refractivity contribution >= 4 is 6.29 Å². The van der Waals surface area contributed by atoms with Crippen LogP contribution in [0.25, 0.3) is 0 Å². The van der Waals surface area contributed by atoms with E-state index in [1.807, 2.05) is 33.8 Å². The number of ether oxygens (including phenoxy) is 5. The predicted octanol–water partition coefficient (Wildman–Crippen LogP) is -0.820. The van der Waals surface area contributed by atoms with Crippen molar-refractivity contribution in [2.45, 2.75) is 209 Å². The van der Waals surface area contributed by atoms with Crippen molar-refractivity contribution in [3.05, 3.63) is 11.6 Å². The number of aliphatic hydroxyl groups is 12. The number of fused-ring (bicyclic) bond motifs is 5. The summed E-state index contributed by atoms with van der Waals surface area (Å²) in [4.78, 5) is 14.0. The van der Waals surface area contributed by atoms with E-state index in [-0.39, 0.29) is 40.9 Å². The van der Waals surface area contributed by atoms with E-state index in [2.05, 4.69) is 13.8 Å². The molecule has 7 rings (SSSR count). The van der Waals surface area contributed by atoms with Gasteiger partial charge in [-0.15, -0.1) is 0 Å². The van der Waals surface area contributed by atoms with E-state index in [1.165, 1.54) is 0 Å². The fraction of sp³-hybridized carbons (Fsp3) is 0.936. The van der Waals surface area contributed by atoms with Crippen LogP contribution >= 0.6 is 0 Å². The van der Waals surface area contributed by atoms with Gasteiger partial charge in [-0.2, -0.15) is 0 Å². The van der Waals surface area contributed by atoms with Crippen LogP contribution in [-0.4, -0.2) is 191 Å². The van der Waals surface area contributed by atoms with E-state index >= 15 is 0 Å². The molecule has 374 valence electrons. The van der Waals surface area contributed by atoms with Gasteiger partial charge in [0, 0.05) is 5.41 Å². The Morgan fingerprint density at radius 1 is 0.631 bits per heavy atom. The van der Waals surface area contributed by atoms with Gasteiger partial charge in [-0.25, -0.2) is 0 Å². The number of rotatable bonds is 13. The third-order valence-corrected chi connectivity index (χ3v) is 18.5. The Morgan fingerprint density at radius 2 is 1.20 bits per heavy atom. The Kier molecular flexibility index (Phi) is 15.2. The Morgan fingerprint density at radius 3 is 1.80 bits per heavy atom. The molecule has 18 heteroatoms. The molecule has 65 heavy (non-hydrogen) atoms. The van der Waals surface area contributed by atoms with Gasteiger partial charge in [-0.05, 0) is 118 Å². The molecule has 0 spiro atoms. The van der Waals surface area contributed by atoms with E-state index in [0.717, 1.165) is 24.7 Å². The summed E-state index contributed by atoms with van der Waals surface area (Å²) in [5.74, 6) is -0.658. The molecule has 0 bridgehead atoms. The first kappa shape index (κ1) is 51.6. The first-order valence-corrected chi connectivity index (χ1v) is 23.9. The summed E-state index contributed by atoms with van der Waals surface area (Å²) in [7, 11) is 0. The van der Waals surface area contributed by atoms with E-state index in [9.17, 15) is 66.1 Å². The van der Waals surface area contributed by atoms with Crippen molar-refractivity contribution in [3.8, 4) is 0 Å². The van der Waals surface area contributed by atoms with Gasteiger partial charge in [-0.3, -0.25) is 0 Å². The van der Waals surface area contributed by atoms with Crippen LogP contribution in [-0.2, 0) is 28.5 Å². The molecule has 0 aromatic heterocycles. The first-order chi connectivity index (χ1) is 30.5. The third-order valence-electron chi connectivity index (χ3n) is 18.5. The summed E-state index contributed by atoms with van der Waals surface area (Å²) in [5.41, 5.74) is -2.78. The summed E-state index contributed by atoms with van der Waals surface area (Å²) >= 11 is 0. The number of allylic oxidation sites excluding steroid dienone is 2. The van der Waals surface area contributed by atoms with Crippen LogP contribution in [0.2, 0.25) is 0 Å². The molecule has 3 heterocycles. The van der Waals surface area contributed by atoms with E-state index in [0.29, 0.717) is 44.9 Å². The van der Waals surface area contributed by atoms with Crippen LogP contribution in [0.5, 0.6) is 0 Å². The molecule has 0 aromatic carbocycles. The molecule has 7 fully saturated rings. The van der Waals surface area contributed by atoms with Crippen molar-refractivity contribution < 1.29 is 89.8 Å². The van der Waals surface area contributed by atoms with Crippen molar-refractivity contribution in [1.82, 2.24) is 0 Å². The summed E-state index contributed by atoms with van der Waals surface area (Å²) in [5, 5.41) is 130. The van der Waals surface area contributed by atoms with E-state index in [4.69, 9.17) is 23.7 Å². The van der Waals surface area contributed by atoms with Gasteiger partial charge in [0.2, 0.25) is 0 Å². The van der Waals surface area contributed by atoms with Crippen LogP contribution in [0, 0.1) is 45.3 Å². The summed E-state index contributed by atoms with van der Waals surface area (Å²) in [6, 6.07) is 0. The minimum atomic E-state index is -1.82. The normalized spacial score (nSPS) is 51.8. The SMILES string of the molecule is CC(C)=CCCC(O)(C1CCC2(C)C1CCC1C3(C=O)CCC(O[C@@H]4O[C@H](CO)[C@@H](O)[C@H](O)[C@H]4O[C@@H]4O[C@H](CO)[C@@H](O)[C@H](O)[C@H]4O)C(C)(C)C3CCC12C)[C@H]1O[C@H](CO)[C@@H](O)[C@H](O)[C@H]1O. The zero-order chi connectivity index (χ0) is 47.8. The average Bonchev–Trinajstić information content (AvgIpc) is 3.64. The Hall–Kier alpha value is -1.27. The lowest BCUT2D eigenvalue weighted by atomic mass is 9.35. The highest BCUT2D eigenvalue weighted by molar-refractivity contribution is 5.62. The summed E-state index contributed by atoms with van der Waals surface area (Å²) < 4.78 is 30.4. The number of carbonyl (C=O) groups excluding carboxylic acids is 1. The Balaban J connectivity index is 1.15. The van der Waals surface area contributed by atoms with Gasteiger partial charge < -0.3 is 89.8 Å². The molecule has 24 atom stereocenters. The van der Waals surface area contributed by atoms with Gasteiger partial charge >= 0.3 is 0 Å². The fourth-order valence-corrected chi connectivity index (χ4v) is 14.8. The summed E-state index contributed by atoms with van der Waals surface area (Å²) in [6.45, 7) is 10.6. The minimum Gasteiger partial charge on any atom is -0.394 e. The largest absolute Gasteiger partial charge is 0.394 e. The second-order valence-corrected chi connectivity index (χ2v) is 22.1. The monoisotopic (exact) mass is 931 g/mol. The molecule has 0 radical (unpaired) electrons. The maximum absolute atomic E-state index is 14.0. The van der Waals surface area contributed by atoms with Crippen LogP contribution in [0.1, 0.15) is 106 Å². The summed E-state index contributed by atoms with van der Waals surface area (Å²) in [6.07, 6.45) is -14.9. The highest BCUT2D eigenvalue weighted by Gasteiger charge is 2.72. The molecule has 4 aliphatic carbocycles.